The second-order valence-electron chi connectivity index (χ2n) is 6.73. The minimum Gasteiger partial charge on any atom is -0.330 e. The average Bonchev–Trinajstić information content (AvgIpc) is 2.47. The molecule has 1 atom stereocenters. The SMILES string of the molecule is CCCCCCCCCCCCCCCCC(C)CN.Cl. The molecular formula is C19H42ClN. The van der Waals surface area contributed by atoms with Gasteiger partial charge in [-0.1, -0.05) is 104 Å². The zero-order valence-electron chi connectivity index (χ0n) is 14.9. The third-order valence-electron chi connectivity index (χ3n) is 4.45. The van der Waals surface area contributed by atoms with Crippen LogP contribution in [0.25, 0.3) is 0 Å². The van der Waals surface area contributed by atoms with E-state index in [1.54, 1.807) is 0 Å². The molecular weight excluding hydrogens is 278 g/mol. The van der Waals surface area contributed by atoms with E-state index >= 15 is 0 Å². The first-order valence-electron chi connectivity index (χ1n) is 9.51. The van der Waals surface area contributed by atoms with Crippen molar-refractivity contribution in [1.82, 2.24) is 0 Å². The molecule has 2 N–H and O–H groups in total. The lowest BCUT2D eigenvalue weighted by Gasteiger charge is -2.07. The van der Waals surface area contributed by atoms with Crippen molar-refractivity contribution >= 4 is 12.4 Å². The van der Waals surface area contributed by atoms with E-state index < -0.39 is 0 Å². The van der Waals surface area contributed by atoms with Gasteiger partial charge in [0.1, 0.15) is 0 Å². The van der Waals surface area contributed by atoms with Gasteiger partial charge < -0.3 is 5.73 Å². The van der Waals surface area contributed by atoms with Crippen LogP contribution >= 0.6 is 12.4 Å². The molecule has 0 saturated carbocycles. The monoisotopic (exact) mass is 319 g/mol. The summed E-state index contributed by atoms with van der Waals surface area (Å²) in [7, 11) is 0. The zero-order chi connectivity index (χ0) is 14.9. The molecule has 0 amide bonds. The van der Waals surface area contributed by atoms with Crippen molar-refractivity contribution in [3.63, 3.8) is 0 Å². The quantitative estimate of drug-likeness (QED) is 0.308. The fourth-order valence-electron chi connectivity index (χ4n) is 2.81. The number of unbranched alkanes of at least 4 members (excludes halogenated alkanes) is 13. The van der Waals surface area contributed by atoms with Crippen LogP contribution < -0.4 is 5.73 Å². The Morgan fingerprint density at radius 3 is 1.29 bits per heavy atom. The van der Waals surface area contributed by atoms with E-state index in [1.807, 2.05) is 0 Å². The fourth-order valence-corrected chi connectivity index (χ4v) is 2.81. The molecule has 0 heterocycles. The fraction of sp³-hybridized carbons (Fsp3) is 1.00. The van der Waals surface area contributed by atoms with E-state index in [1.165, 1.54) is 96.3 Å². The summed E-state index contributed by atoms with van der Waals surface area (Å²) >= 11 is 0. The molecule has 0 radical (unpaired) electrons. The molecule has 0 aliphatic heterocycles. The van der Waals surface area contributed by atoms with Crippen LogP contribution in [0.2, 0.25) is 0 Å². The Hall–Kier alpha value is 0.250. The van der Waals surface area contributed by atoms with Gasteiger partial charge >= 0.3 is 0 Å². The van der Waals surface area contributed by atoms with E-state index in [0.29, 0.717) is 0 Å². The van der Waals surface area contributed by atoms with Crippen molar-refractivity contribution in [1.29, 1.82) is 0 Å². The van der Waals surface area contributed by atoms with Gasteiger partial charge in [-0.15, -0.1) is 12.4 Å². The van der Waals surface area contributed by atoms with E-state index in [2.05, 4.69) is 13.8 Å². The molecule has 0 aromatic carbocycles. The van der Waals surface area contributed by atoms with Crippen LogP contribution in [0, 0.1) is 5.92 Å². The smallest absolute Gasteiger partial charge is 0.00515 e. The Labute approximate surface area is 141 Å². The van der Waals surface area contributed by atoms with Gasteiger partial charge in [0, 0.05) is 0 Å². The Bertz CT molecular complexity index is 173. The van der Waals surface area contributed by atoms with Crippen LogP contribution in [0.3, 0.4) is 0 Å². The van der Waals surface area contributed by atoms with E-state index in [0.717, 1.165) is 12.5 Å². The highest BCUT2D eigenvalue weighted by atomic mass is 35.5. The molecule has 1 unspecified atom stereocenters. The maximum Gasteiger partial charge on any atom is -0.00515 e. The third kappa shape index (κ3) is 20.2. The lowest BCUT2D eigenvalue weighted by molar-refractivity contribution is 0.485. The highest BCUT2D eigenvalue weighted by Crippen LogP contribution is 2.14. The molecule has 0 spiro atoms. The van der Waals surface area contributed by atoms with Crippen molar-refractivity contribution < 1.29 is 0 Å². The summed E-state index contributed by atoms with van der Waals surface area (Å²) in [6.07, 6.45) is 21.6. The molecule has 0 rings (SSSR count). The maximum absolute atomic E-state index is 5.63. The van der Waals surface area contributed by atoms with Gasteiger partial charge in [0.05, 0.1) is 0 Å². The molecule has 0 fully saturated rings. The zero-order valence-corrected chi connectivity index (χ0v) is 15.7. The minimum atomic E-state index is 0. The molecule has 130 valence electrons. The van der Waals surface area contributed by atoms with Gasteiger partial charge in [0.15, 0.2) is 0 Å². The van der Waals surface area contributed by atoms with Gasteiger partial charge in [-0.3, -0.25) is 0 Å². The average molecular weight is 320 g/mol. The van der Waals surface area contributed by atoms with Crippen molar-refractivity contribution in [2.24, 2.45) is 11.7 Å². The molecule has 0 aromatic heterocycles. The predicted octanol–water partition coefficient (Wildman–Crippen LogP) is 6.87. The summed E-state index contributed by atoms with van der Waals surface area (Å²) in [4.78, 5) is 0. The van der Waals surface area contributed by atoms with Crippen LogP contribution in [0.5, 0.6) is 0 Å². The number of rotatable bonds is 16. The number of nitrogens with two attached hydrogens (primary N) is 1. The molecule has 0 bridgehead atoms. The molecule has 2 heteroatoms. The first-order chi connectivity index (χ1) is 9.81. The lowest BCUT2D eigenvalue weighted by atomic mass is 10.0. The van der Waals surface area contributed by atoms with Crippen LogP contribution in [0.1, 0.15) is 110 Å². The summed E-state index contributed by atoms with van der Waals surface area (Å²) in [5.74, 6) is 0.729. The van der Waals surface area contributed by atoms with Crippen molar-refractivity contribution in [2.45, 2.75) is 110 Å². The predicted molar refractivity (Wildman–Crippen MR) is 100 cm³/mol. The van der Waals surface area contributed by atoms with Gasteiger partial charge in [-0.2, -0.15) is 0 Å². The third-order valence-corrected chi connectivity index (χ3v) is 4.45. The first-order valence-corrected chi connectivity index (χ1v) is 9.51. The minimum absolute atomic E-state index is 0. The topological polar surface area (TPSA) is 26.0 Å². The largest absolute Gasteiger partial charge is 0.330 e. The lowest BCUT2D eigenvalue weighted by Crippen LogP contribution is -2.10. The second-order valence-corrected chi connectivity index (χ2v) is 6.73. The highest BCUT2D eigenvalue weighted by molar-refractivity contribution is 5.85. The highest BCUT2D eigenvalue weighted by Gasteiger charge is 1.98. The van der Waals surface area contributed by atoms with Gasteiger partial charge in [0.25, 0.3) is 0 Å². The summed E-state index contributed by atoms with van der Waals surface area (Å²) in [5, 5.41) is 0. The van der Waals surface area contributed by atoms with Gasteiger partial charge in [-0.25, -0.2) is 0 Å². The Balaban J connectivity index is 0. The molecule has 0 aliphatic rings. The summed E-state index contributed by atoms with van der Waals surface area (Å²) in [6.45, 7) is 5.42. The molecule has 0 aromatic rings. The normalized spacial score (nSPS) is 12.1. The van der Waals surface area contributed by atoms with Crippen molar-refractivity contribution in [3.05, 3.63) is 0 Å². The Kier molecular flexibility index (Phi) is 22.7. The van der Waals surface area contributed by atoms with E-state index in [-0.39, 0.29) is 12.4 Å². The molecule has 0 aliphatic carbocycles. The van der Waals surface area contributed by atoms with E-state index in [9.17, 15) is 0 Å². The Morgan fingerprint density at radius 1 is 0.619 bits per heavy atom. The standard InChI is InChI=1S/C19H41N.ClH/c1-3-4-5-6-7-8-9-10-11-12-13-14-15-16-17-19(2)18-20;/h19H,3-18,20H2,1-2H3;1H. The van der Waals surface area contributed by atoms with Crippen LogP contribution in [-0.2, 0) is 0 Å². The molecule has 0 saturated heterocycles. The first kappa shape index (κ1) is 23.5. The van der Waals surface area contributed by atoms with Crippen LogP contribution in [-0.4, -0.2) is 6.54 Å². The number of hydrogen-bond acceptors (Lipinski definition) is 1. The Morgan fingerprint density at radius 2 is 0.952 bits per heavy atom. The van der Waals surface area contributed by atoms with Crippen molar-refractivity contribution in [2.75, 3.05) is 6.54 Å². The second kappa shape index (κ2) is 20.2. The van der Waals surface area contributed by atoms with Crippen LogP contribution in [0.15, 0.2) is 0 Å². The molecule has 21 heavy (non-hydrogen) atoms. The van der Waals surface area contributed by atoms with Crippen molar-refractivity contribution in [3.8, 4) is 0 Å². The summed E-state index contributed by atoms with van der Waals surface area (Å²) in [5.41, 5.74) is 5.63. The molecule has 1 nitrogen and oxygen atoms in total. The van der Waals surface area contributed by atoms with Gasteiger partial charge in [0.2, 0.25) is 0 Å². The van der Waals surface area contributed by atoms with E-state index in [4.69, 9.17) is 5.73 Å². The summed E-state index contributed by atoms with van der Waals surface area (Å²) in [6, 6.07) is 0. The summed E-state index contributed by atoms with van der Waals surface area (Å²) < 4.78 is 0. The number of hydrogen-bond donors (Lipinski definition) is 1. The van der Waals surface area contributed by atoms with Gasteiger partial charge in [-0.05, 0) is 18.9 Å². The maximum atomic E-state index is 5.63. The van der Waals surface area contributed by atoms with Crippen LogP contribution in [0.4, 0.5) is 0 Å². The number of halogens is 1.